The summed E-state index contributed by atoms with van der Waals surface area (Å²) in [6.45, 7) is -0.223. The van der Waals surface area contributed by atoms with E-state index in [2.05, 4.69) is 10.3 Å². The monoisotopic (exact) mass is 380 g/mol. The molecule has 0 unspecified atom stereocenters. The van der Waals surface area contributed by atoms with Gasteiger partial charge in [-0.05, 0) is 42.0 Å². The number of carbonyl (C=O) groups excluding carboxylic acids is 2. The third-order valence-corrected chi connectivity index (χ3v) is 4.52. The largest absolute Gasteiger partial charge is 0.484 e. The number of imidazole rings is 1. The molecule has 0 fully saturated rings. The van der Waals surface area contributed by atoms with Crippen LogP contribution in [-0.4, -0.2) is 28.0 Å². The summed E-state index contributed by atoms with van der Waals surface area (Å²) in [5.41, 5.74) is 7.35. The predicted octanol–water partition coefficient (Wildman–Crippen LogP) is 2.35. The van der Waals surface area contributed by atoms with Gasteiger partial charge in [-0.15, -0.1) is 0 Å². The van der Waals surface area contributed by atoms with Gasteiger partial charge in [0.15, 0.2) is 6.61 Å². The second-order valence-corrected chi connectivity index (χ2v) is 6.46. The van der Waals surface area contributed by atoms with Gasteiger partial charge in [0.25, 0.3) is 5.91 Å². The summed E-state index contributed by atoms with van der Waals surface area (Å²) >= 11 is 0. The van der Waals surface area contributed by atoms with Crippen LogP contribution in [0.3, 0.4) is 0 Å². The van der Waals surface area contributed by atoms with Crippen LogP contribution in [0.1, 0.15) is 23.6 Å². The minimum atomic E-state index is -0.567. The first-order valence-corrected chi connectivity index (χ1v) is 8.65. The number of aromatic nitrogens is 2. The maximum Gasteiger partial charge on any atom is 0.255 e. The minimum absolute atomic E-state index is 0.148. The molecule has 0 radical (unpaired) electrons. The summed E-state index contributed by atoms with van der Waals surface area (Å²) in [6, 6.07) is 13.1. The molecule has 0 saturated carbocycles. The van der Waals surface area contributed by atoms with E-state index in [1.807, 2.05) is 6.07 Å². The number of nitrogens with one attached hydrogen (secondary N) is 1. The van der Waals surface area contributed by atoms with Crippen LogP contribution in [-0.2, 0) is 9.59 Å². The number of carbonyl (C=O) groups is 2. The molecule has 3 N–H and O–H groups in total. The van der Waals surface area contributed by atoms with Gasteiger partial charge in [-0.1, -0.05) is 12.1 Å². The number of nitrogens with zero attached hydrogens (tertiary/aromatic N) is 2. The lowest BCUT2D eigenvalue weighted by atomic mass is 9.89. The van der Waals surface area contributed by atoms with E-state index in [9.17, 15) is 14.0 Å². The molecule has 0 aliphatic carbocycles. The topological polar surface area (TPSA) is 99.2 Å². The molecule has 1 aliphatic rings. The highest BCUT2D eigenvalue weighted by molar-refractivity contribution is 5.94. The fraction of sp³-hybridized carbons (Fsp3) is 0.150. The Bertz CT molecular complexity index is 1050. The van der Waals surface area contributed by atoms with Crippen molar-refractivity contribution in [2.24, 2.45) is 5.73 Å². The fourth-order valence-corrected chi connectivity index (χ4v) is 3.26. The van der Waals surface area contributed by atoms with Crippen LogP contribution in [0.2, 0.25) is 0 Å². The number of hydrogen-bond acceptors (Lipinski definition) is 4. The molecule has 2 amide bonds. The van der Waals surface area contributed by atoms with E-state index >= 15 is 0 Å². The molecule has 1 atom stereocenters. The molecule has 0 spiro atoms. The molecule has 0 bridgehead atoms. The first-order valence-electron chi connectivity index (χ1n) is 8.65. The molecule has 3 aromatic rings. The maximum atomic E-state index is 13.2. The summed E-state index contributed by atoms with van der Waals surface area (Å²) in [5, 5.41) is 2.85. The van der Waals surface area contributed by atoms with Crippen molar-refractivity contribution in [3.8, 4) is 11.4 Å². The van der Waals surface area contributed by atoms with E-state index in [0.29, 0.717) is 22.9 Å². The Morgan fingerprint density at radius 3 is 2.82 bits per heavy atom. The van der Waals surface area contributed by atoms with Crippen molar-refractivity contribution >= 4 is 17.6 Å². The number of fused-ring (bicyclic) bond motifs is 1. The molecule has 7 nitrogen and oxygen atoms in total. The van der Waals surface area contributed by atoms with Crippen molar-refractivity contribution in [2.45, 2.75) is 12.3 Å². The van der Waals surface area contributed by atoms with Gasteiger partial charge in [-0.2, -0.15) is 0 Å². The highest BCUT2D eigenvalue weighted by Crippen LogP contribution is 2.38. The third-order valence-electron chi connectivity index (χ3n) is 4.52. The lowest BCUT2D eigenvalue weighted by molar-refractivity contribution is -0.120. The van der Waals surface area contributed by atoms with Crippen LogP contribution >= 0.6 is 0 Å². The Hall–Kier alpha value is -3.68. The van der Waals surface area contributed by atoms with Crippen LogP contribution < -0.4 is 15.8 Å². The van der Waals surface area contributed by atoms with Crippen LogP contribution in [0.4, 0.5) is 10.2 Å². The van der Waals surface area contributed by atoms with E-state index in [1.165, 1.54) is 12.1 Å². The Labute approximate surface area is 159 Å². The average Bonchev–Trinajstić information content (AvgIpc) is 3.10. The van der Waals surface area contributed by atoms with Crippen molar-refractivity contribution in [3.05, 3.63) is 71.9 Å². The molecule has 142 valence electrons. The van der Waals surface area contributed by atoms with Crippen LogP contribution in [0.25, 0.3) is 5.69 Å². The van der Waals surface area contributed by atoms with Gasteiger partial charge in [0.2, 0.25) is 5.91 Å². The summed E-state index contributed by atoms with van der Waals surface area (Å²) in [4.78, 5) is 27.8. The second-order valence-electron chi connectivity index (χ2n) is 6.46. The molecule has 8 heteroatoms. The van der Waals surface area contributed by atoms with E-state index in [4.69, 9.17) is 10.5 Å². The molecule has 2 heterocycles. The Morgan fingerprint density at radius 2 is 2.07 bits per heavy atom. The summed E-state index contributed by atoms with van der Waals surface area (Å²) in [5.74, 6) is -0.291. The number of hydrogen-bond donors (Lipinski definition) is 2. The first-order chi connectivity index (χ1) is 13.5. The van der Waals surface area contributed by atoms with Gasteiger partial charge < -0.3 is 15.8 Å². The number of halogens is 1. The number of nitrogens with two attached hydrogens (primary N) is 1. The lowest BCUT2D eigenvalue weighted by Gasteiger charge is -2.23. The zero-order valence-corrected chi connectivity index (χ0v) is 14.8. The highest BCUT2D eigenvalue weighted by atomic mass is 19.1. The number of primary amides is 1. The molecule has 28 heavy (non-hydrogen) atoms. The number of ether oxygens (including phenoxy) is 1. The molecular weight excluding hydrogens is 363 g/mol. The molecule has 4 rings (SSSR count). The maximum absolute atomic E-state index is 13.2. The van der Waals surface area contributed by atoms with Gasteiger partial charge in [0.1, 0.15) is 23.7 Å². The van der Waals surface area contributed by atoms with E-state index in [0.717, 1.165) is 5.56 Å². The van der Waals surface area contributed by atoms with E-state index in [-0.39, 0.29) is 30.7 Å². The Balaban J connectivity index is 1.70. The van der Waals surface area contributed by atoms with Gasteiger partial charge >= 0.3 is 0 Å². The van der Waals surface area contributed by atoms with Crippen molar-refractivity contribution in [3.63, 3.8) is 0 Å². The van der Waals surface area contributed by atoms with Gasteiger partial charge in [0.05, 0.1) is 5.69 Å². The van der Waals surface area contributed by atoms with Gasteiger partial charge in [0, 0.05) is 18.0 Å². The molecule has 1 aromatic heterocycles. The van der Waals surface area contributed by atoms with Crippen molar-refractivity contribution < 1.29 is 18.7 Å². The molecule has 1 aliphatic heterocycles. The van der Waals surface area contributed by atoms with E-state index < -0.39 is 5.91 Å². The lowest BCUT2D eigenvalue weighted by Crippen LogP contribution is -2.25. The highest BCUT2D eigenvalue weighted by Gasteiger charge is 2.31. The molecule has 2 aromatic carbocycles. The summed E-state index contributed by atoms with van der Waals surface area (Å²) in [7, 11) is 0. The molecular formula is C20H17FN4O3. The van der Waals surface area contributed by atoms with Crippen molar-refractivity contribution in [1.29, 1.82) is 0 Å². The molecule has 0 saturated heterocycles. The quantitative estimate of drug-likeness (QED) is 0.710. The normalized spacial score (nSPS) is 15.6. The van der Waals surface area contributed by atoms with Crippen LogP contribution in [0, 0.1) is 5.82 Å². The van der Waals surface area contributed by atoms with Crippen molar-refractivity contribution in [2.75, 3.05) is 11.9 Å². The number of anilines is 1. The fourth-order valence-electron chi connectivity index (χ4n) is 3.26. The second kappa shape index (κ2) is 7.15. The third kappa shape index (κ3) is 3.44. The summed E-state index contributed by atoms with van der Waals surface area (Å²) < 4.78 is 20.3. The predicted molar refractivity (Wildman–Crippen MR) is 99.7 cm³/mol. The number of amides is 2. The SMILES string of the molecule is NC(=O)COc1cccc([C@H]2CC(=O)Nc3c2ncn3-c2ccc(F)cc2)c1. The van der Waals surface area contributed by atoms with Crippen LogP contribution in [0.15, 0.2) is 54.9 Å². The first kappa shape index (κ1) is 17.7. The van der Waals surface area contributed by atoms with Crippen LogP contribution in [0.5, 0.6) is 5.75 Å². The zero-order valence-electron chi connectivity index (χ0n) is 14.8. The minimum Gasteiger partial charge on any atom is -0.484 e. The Morgan fingerprint density at radius 1 is 1.29 bits per heavy atom. The van der Waals surface area contributed by atoms with E-state index in [1.54, 1.807) is 41.2 Å². The smallest absolute Gasteiger partial charge is 0.255 e. The Kier molecular flexibility index (Phi) is 4.52. The average molecular weight is 380 g/mol. The van der Waals surface area contributed by atoms with Gasteiger partial charge in [-0.3, -0.25) is 14.2 Å². The van der Waals surface area contributed by atoms with Crippen molar-refractivity contribution in [1.82, 2.24) is 9.55 Å². The number of rotatable bonds is 5. The zero-order chi connectivity index (χ0) is 19.7. The summed E-state index contributed by atoms with van der Waals surface area (Å²) in [6.07, 6.45) is 1.83. The standard InChI is InChI=1S/C20H17FN4O3/c21-13-4-6-14(7-5-13)25-11-23-19-16(9-18(27)24-20(19)25)12-2-1-3-15(8-12)28-10-17(22)26/h1-8,11,16H,9-10H2,(H2,22,26)(H,24,27)/t16-/m1/s1. The number of benzene rings is 2. The van der Waals surface area contributed by atoms with Gasteiger partial charge in [-0.25, -0.2) is 9.37 Å².